The fourth-order valence-corrected chi connectivity index (χ4v) is 3.78. The van der Waals surface area contributed by atoms with Crippen LogP contribution in [0.1, 0.15) is 17.8 Å². The zero-order chi connectivity index (χ0) is 16.7. The second-order valence-corrected chi connectivity index (χ2v) is 7.32. The van der Waals surface area contributed by atoms with Gasteiger partial charge in [0.2, 0.25) is 0 Å². The van der Waals surface area contributed by atoms with Crippen molar-refractivity contribution >= 4 is 34.8 Å². The molecule has 25 heavy (non-hydrogen) atoms. The third-order valence-corrected chi connectivity index (χ3v) is 5.46. The number of halogens is 4. The molecule has 0 spiro atoms. The van der Waals surface area contributed by atoms with E-state index in [4.69, 9.17) is 34.8 Å². The van der Waals surface area contributed by atoms with Crippen LogP contribution >= 0.6 is 34.8 Å². The quantitative estimate of drug-likeness (QED) is 0.583. The van der Waals surface area contributed by atoms with Crippen molar-refractivity contribution in [1.29, 1.82) is 0 Å². The van der Waals surface area contributed by atoms with Crippen molar-refractivity contribution in [1.82, 2.24) is 4.57 Å². The number of rotatable bonds is 3. The lowest BCUT2D eigenvalue weighted by atomic mass is 10.1. The minimum absolute atomic E-state index is 0. The van der Waals surface area contributed by atoms with Gasteiger partial charge in [0.25, 0.3) is 5.82 Å². The Morgan fingerprint density at radius 1 is 0.960 bits per heavy atom. The molecule has 2 aromatic carbocycles. The summed E-state index contributed by atoms with van der Waals surface area (Å²) in [4.78, 5) is 0. The number of nitrogens with zero attached hydrogens (tertiary/aromatic N) is 2. The Morgan fingerprint density at radius 2 is 1.72 bits per heavy atom. The average molecular weight is 414 g/mol. The SMILES string of the molecule is Clc1ccc(-c2c[n+](Cc3ccc(Cl)c(Cl)c3)c3n2CCC3)cc1.[Cl-]. The standard InChI is InChI=1S/C19H16Cl3N2.ClH/c20-15-6-4-14(5-7-15)18-12-23(19-2-1-9-24(18)19)11-13-3-8-16(21)17(22)10-13;/h3-8,10,12H,1-2,9,11H2;1H/q+1;/p-1. The van der Waals surface area contributed by atoms with Crippen LogP contribution in [0.4, 0.5) is 0 Å². The topological polar surface area (TPSA) is 8.81 Å². The molecule has 0 amide bonds. The van der Waals surface area contributed by atoms with E-state index < -0.39 is 0 Å². The van der Waals surface area contributed by atoms with Crippen LogP contribution in [0.5, 0.6) is 0 Å². The molecule has 3 aromatic rings. The normalized spacial score (nSPS) is 12.8. The molecule has 0 radical (unpaired) electrons. The molecule has 0 unspecified atom stereocenters. The molecule has 0 saturated heterocycles. The molecule has 2 nitrogen and oxygen atoms in total. The Kier molecular flexibility index (Phi) is 5.65. The molecule has 0 N–H and O–H groups in total. The molecule has 0 saturated carbocycles. The highest BCUT2D eigenvalue weighted by Gasteiger charge is 2.28. The molecule has 6 heteroatoms. The minimum atomic E-state index is 0. The largest absolute Gasteiger partial charge is 1.00 e. The summed E-state index contributed by atoms with van der Waals surface area (Å²) in [5, 5.41) is 1.95. The first kappa shape index (κ1) is 18.6. The molecular weight excluding hydrogens is 398 g/mol. The number of hydrogen-bond donors (Lipinski definition) is 0. The Bertz CT molecular complexity index is 901. The second-order valence-electron chi connectivity index (χ2n) is 6.07. The van der Waals surface area contributed by atoms with Gasteiger partial charge in [-0.3, -0.25) is 0 Å². The third-order valence-electron chi connectivity index (χ3n) is 4.47. The summed E-state index contributed by atoms with van der Waals surface area (Å²) in [6.45, 7) is 1.85. The number of aromatic nitrogens is 2. The van der Waals surface area contributed by atoms with Crippen molar-refractivity contribution in [2.24, 2.45) is 0 Å². The van der Waals surface area contributed by atoms with Crippen molar-refractivity contribution in [2.45, 2.75) is 25.9 Å². The molecule has 2 heterocycles. The Hall–Kier alpha value is -1.19. The van der Waals surface area contributed by atoms with Crippen molar-refractivity contribution in [3.05, 3.63) is 75.1 Å². The minimum Gasteiger partial charge on any atom is -1.00 e. The molecule has 0 fully saturated rings. The maximum Gasteiger partial charge on any atom is 0.257 e. The van der Waals surface area contributed by atoms with E-state index in [1.54, 1.807) is 0 Å². The van der Waals surface area contributed by atoms with E-state index >= 15 is 0 Å². The fraction of sp³-hybridized carbons (Fsp3) is 0.211. The van der Waals surface area contributed by atoms with Gasteiger partial charge >= 0.3 is 0 Å². The Morgan fingerprint density at radius 3 is 2.44 bits per heavy atom. The van der Waals surface area contributed by atoms with Crippen molar-refractivity contribution in [3.8, 4) is 11.3 Å². The summed E-state index contributed by atoms with van der Waals surface area (Å²) in [7, 11) is 0. The van der Waals surface area contributed by atoms with Crippen molar-refractivity contribution in [3.63, 3.8) is 0 Å². The lowest BCUT2D eigenvalue weighted by molar-refractivity contribution is -0.694. The highest BCUT2D eigenvalue weighted by molar-refractivity contribution is 6.42. The van der Waals surface area contributed by atoms with Crippen molar-refractivity contribution < 1.29 is 17.0 Å². The highest BCUT2D eigenvalue weighted by atomic mass is 35.5. The zero-order valence-electron chi connectivity index (χ0n) is 13.4. The van der Waals surface area contributed by atoms with Gasteiger partial charge in [-0.1, -0.05) is 40.9 Å². The van der Waals surface area contributed by atoms with Crippen LogP contribution in [-0.4, -0.2) is 4.57 Å². The highest BCUT2D eigenvalue weighted by Crippen LogP contribution is 2.27. The van der Waals surface area contributed by atoms with Gasteiger partial charge < -0.3 is 12.4 Å². The lowest BCUT2D eigenvalue weighted by Crippen LogP contribution is -3.00. The van der Waals surface area contributed by atoms with E-state index in [1.165, 1.54) is 23.5 Å². The molecule has 4 rings (SSSR count). The third kappa shape index (κ3) is 3.68. The van der Waals surface area contributed by atoms with Gasteiger partial charge in [-0.2, -0.15) is 0 Å². The molecule has 1 aliphatic heterocycles. The van der Waals surface area contributed by atoms with Gasteiger partial charge in [0.15, 0.2) is 5.69 Å². The molecular formula is C19H16Cl4N2. The number of fused-ring (bicyclic) bond motifs is 1. The molecule has 1 aromatic heterocycles. The van der Waals surface area contributed by atoms with E-state index in [0.29, 0.717) is 10.0 Å². The smallest absolute Gasteiger partial charge is 0.257 e. The van der Waals surface area contributed by atoms with Gasteiger partial charge in [-0.15, -0.1) is 0 Å². The number of hydrogen-bond acceptors (Lipinski definition) is 0. The second kappa shape index (κ2) is 7.59. The molecule has 1 aliphatic rings. The van der Waals surface area contributed by atoms with Crippen LogP contribution in [0.15, 0.2) is 48.7 Å². The Labute approximate surface area is 168 Å². The summed E-state index contributed by atoms with van der Waals surface area (Å²) >= 11 is 18.2. The number of imidazole rings is 1. The van der Waals surface area contributed by atoms with Crippen LogP contribution in [0.2, 0.25) is 15.1 Å². The monoisotopic (exact) mass is 412 g/mol. The predicted octanol–water partition coefficient (Wildman–Crippen LogP) is 2.40. The van der Waals surface area contributed by atoms with Crippen LogP contribution in [0, 0.1) is 0 Å². The van der Waals surface area contributed by atoms with Crippen LogP contribution in [0.3, 0.4) is 0 Å². The van der Waals surface area contributed by atoms with Crippen molar-refractivity contribution in [2.75, 3.05) is 0 Å². The van der Waals surface area contributed by atoms with Gasteiger partial charge in [-0.25, -0.2) is 9.13 Å². The van der Waals surface area contributed by atoms with E-state index in [1.807, 2.05) is 30.3 Å². The van der Waals surface area contributed by atoms with Crippen LogP contribution in [0.25, 0.3) is 11.3 Å². The molecule has 0 bridgehead atoms. The van der Waals surface area contributed by atoms with E-state index in [9.17, 15) is 0 Å². The first-order valence-corrected chi connectivity index (χ1v) is 9.07. The first-order chi connectivity index (χ1) is 11.6. The van der Waals surface area contributed by atoms with E-state index in [2.05, 4.69) is 27.5 Å². The van der Waals surface area contributed by atoms with Gasteiger partial charge in [-0.05, 0) is 48.4 Å². The van der Waals surface area contributed by atoms with Gasteiger partial charge in [0, 0.05) is 10.6 Å². The predicted molar refractivity (Wildman–Crippen MR) is 99.0 cm³/mol. The van der Waals surface area contributed by atoms with Crippen LogP contribution in [-0.2, 0) is 19.5 Å². The van der Waals surface area contributed by atoms with E-state index in [0.717, 1.165) is 30.1 Å². The summed E-state index contributed by atoms with van der Waals surface area (Å²) < 4.78 is 4.72. The maximum absolute atomic E-state index is 6.15. The van der Waals surface area contributed by atoms with Crippen LogP contribution < -0.4 is 17.0 Å². The maximum atomic E-state index is 6.15. The summed E-state index contributed by atoms with van der Waals surface area (Å²) in [6, 6.07) is 13.9. The fourth-order valence-electron chi connectivity index (χ4n) is 3.33. The first-order valence-electron chi connectivity index (χ1n) is 7.93. The summed E-state index contributed by atoms with van der Waals surface area (Å²) in [5.41, 5.74) is 3.58. The van der Waals surface area contributed by atoms with Gasteiger partial charge in [0.05, 0.1) is 23.0 Å². The Balaban J connectivity index is 0.00000182. The summed E-state index contributed by atoms with van der Waals surface area (Å²) in [6.07, 6.45) is 4.49. The molecule has 0 aliphatic carbocycles. The van der Waals surface area contributed by atoms with Gasteiger partial charge in [0.1, 0.15) is 12.7 Å². The molecule has 0 atom stereocenters. The summed E-state index contributed by atoms with van der Waals surface area (Å²) in [5.74, 6) is 1.35. The lowest BCUT2D eigenvalue weighted by Gasteiger charge is -2.02. The van der Waals surface area contributed by atoms with E-state index in [-0.39, 0.29) is 12.4 Å². The average Bonchev–Trinajstić information content (AvgIpc) is 3.16. The number of benzene rings is 2. The molecule has 130 valence electrons. The zero-order valence-corrected chi connectivity index (χ0v) is 16.4.